The van der Waals surface area contributed by atoms with Crippen molar-refractivity contribution in [3.63, 3.8) is 0 Å². The summed E-state index contributed by atoms with van der Waals surface area (Å²) in [6.07, 6.45) is 4.13. The van der Waals surface area contributed by atoms with Crippen LogP contribution in [0.25, 0.3) is 0 Å². The van der Waals surface area contributed by atoms with E-state index in [1.165, 1.54) is 18.4 Å². The van der Waals surface area contributed by atoms with Crippen LogP contribution in [-0.4, -0.2) is 23.1 Å². The second-order valence-electron chi connectivity index (χ2n) is 7.85. The molecule has 3 rings (SSSR count). The van der Waals surface area contributed by atoms with E-state index in [1.54, 1.807) is 6.33 Å². The van der Waals surface area contributed by atoms with Gasteiger partial charge >= 0.3 is 0 Å². The first-order chi connectivity index (χ1) is 11.4. The highest BCUT2D eigenvalue weighted by molar-refractivity contribution is 5.64. The van der Waals surface area contributed by atoms with E-state index in [2.05, 4.69) is 78.2 Å². The fourth-order valence-electron chi connectivity index (χ4n) is 3.21. The third-order valence-electron chi connectivity index (χ3n) is 4.76. The zero-order valence-electron chi connectivity index (χ0n) is 15.2. The molecule has 0 amide bonds. The minimum absolute atomic E-state index is 0.0858. The first kappa shape index (κ1) is 16.7. The second-order valence-corrected chi connectivity index (χ2v) is 7.85. The SMILES string of the molecule is CC1CCN(c2cc(Nc3ccccc3C(C)(C)C)ncn2)CC1. The average Bonchev–Trinajstić information content (AvgIpc) is 2.55. The van der Waals surface area contributed by atoms with Gasteiger partial charge in [0.15, 0.2) is 0 Å². The van der Waals surface area contributed by atoms with E-state index in [9.17, 15) is 0 Å². The van der Waals surface area contributed by atoms with Crippen LogP contribution in [-0.2, 0) is 5.41 Å². The van der Waals surface area contributed by atoms with E-state index in [-0.39, 0.29) is 5.41 Å². The largest absolute Gasteiger partial charge is 0.356 e. The van der Waals surface area contributed by atoms with Crippen LogP contribution in [0.15, 0.2) is 36.7 Å². The molecule has 1 aromatic heterocycles. The Kier molecular flexibility index (Phi) is 4.74. The number of nitrogens with one attached hydrogen (secondary N) is 1. The molecule has 4 heteroatoms. The molecule has 4 nitrogen and oxygen atoms in total. The molecule has 0 aliphatic carbocycles. The first-order valence-corrected chi connectivity index (χ1v) is 8.87. The zero-order valence-corrected chi connectivity index (χ0v) is 15.2. The van der Waals surface area contributed by atoms with Crippen LogP contribution >= 0.6 is 0 Å². The van der Waals surface area contributed by atoms with Gasteiger partial charge in [0.1, 0.15) is 18.0 Å². The molecule has 2 aromatic rings. The van der Waals surface area contributed by atoms with Crippen LogP contribution in [0.2, 0.25) is 0 Å². The van der Waals surface area contributed by atoms with E-state index in [0.29, 0.717) is 0 Å². The van der Waals surface area contributed by atoms with Crippen molar-refractivity contribution in [1.82, 2.24) is 9.97 Å². The number of nitrogens with zero attached hydrogens (tertiary/aromatic N) is 3. The summed E-state index contributed by atoms with van der Waals surface area (Å²) >= 11 is 0. The molecule has 0 spiro atoms. The maximum atomic E-state index is 4.48. The number of piperidine rings is 1. The number of hydrogen-bond donors (Lipinski definition) is 1. The first-order valence-electron chi connectivity index (χ1n) is 8.87. The number of benzene rings is 1. The normalized spacial score (nSPS) is 16.2. The third-order valence-corrected chi connectivity index (χ3v) is 4.76. The lowest BCUT2D eigenvalue weighted by Crippen LogP contribution is -2.33. The molecule has 0 radical (unpaired) electrons. The van der Waals surface area contributed by atoms with E-state index >= 15 is 0 Å². The molecule has 2 heterocycles. The molecule has 1 aliphatic rings. The fraction of sp³-hybridized carbons (Fsp3) is 0.500. The second kappa shape index (κ2) is 6.80. The Bertz CT molecular complexity index is 682. The van der Waals surface area contributed by atoms with E-state index in [1.807, 2.05) is 0 Å². The molecule has 1 N–H and O–H groups in total. The van der Waals surface area contributed by atoms with Gasteiger partial charge in [0.2, 0.25) is 0 Å². The van der Waals surface area contributed by atoms with E-state index < -0.39 is 0 Å². The Morgan fingerprint density at radius 3 is 2.50 bits per heavy atom. The molecule has 0 bridgehead atoms. The highest BCUT2D eigenvalue weighted by Gasteiger charge is 2.19. The van der Waals surface area contributed by atoms with Gasteiger partial charge in [-0.05, 0) is 35.8 Å². The molecular formula is C20H28N4. The van der Waals surface area contributed by atoms with Gasteiger partial charge in [-0.1, -0.05) is 45.9 Å². The maximum Gasteiger partial charge on any atom is 0.135 e. The van der Waals surface area contributed by atoms with Gasteiger partial charge in [0, 0.05) is 24.8 Å². The van der Waals surface area contributed by atoms with E-state index in [4.69, 9.17) is 0 Å². The van der Waals surface area contributed by atoms with Crippen LogP contribution < -0.4 is 10.2 Å². The number of anilines is 3. The van der Waals surface area contributed by atoms with Crippen molar-refractivity contribution in [3.05, 3.63) is 42.2 Å². The lowest BCUT2D eigenvalue weighted by atomic mass is 9.86. The minimum Gasteiger partial charge on any atom is -0.356 e. The summed E-state index contributed by atoms with van der Waals surface area (Å²) in [5, 5.41) is 3.49. The monoisotopic (exact) mass is 324 g/mol. The number of para-hydroxylation sites is 1. The van der Waals surface area contributed by atoms with Crippen molar-refractivity contribution in [2.75, 3.05) is 23.3 Å². The summed E-state index contributed by atoms with van der Waals surface area (Å²) in [6.45, 7) is 11.2. The highest BCUT2D eigenvalue weighted by Crippen LogP contribution is 2.31. The highest BCUT2D eigenvalue weighted by atomic mass is 15.2. The molecule has 0 unspecified atom stereocenters. The molecule has 0 atom stereocenters. The number of hydrogen-bond acceptors (Lipinski definition) is 4. The van der Waals surface area contributed by atoms with Gasteiger partial charge in [-0.2, -0.15) is 0 Å². The van der Waals surface area contributed by atoms with Gasteiger partial charge in [-0.25, -0.2) is 9.97 Å². The van der Waals surface area contributed by atoms with Crippen molar-refractivity contribution in [2.24, 2.45) is 5.92 Å². The molecule has 0 saturated carbocycles. The quantitative estimate of drug-likeness (QED) is 0.884. The Morgan fingerprint density at radius 1 is 1.08 bits per heavy atom. The minimum atomic E-state index is 0.0858. The summed E-state index contributed by atoms with van der Waals surface area (Å²) in [7, 11) is 0. The Hall–Kier alpha value is -2.10. The Labute approximate surface area is 145 Å². The summed E-state index contributed by atoms with van der Waals surface area (Å²) < 4.78 is 0. The molecule has 1 fully saturated rings. The van der Waals surface area contributed by atoms with Crippen LogP contribution in [0.5, 0.6) is 0 Å². The average molecular weight is 324 g/mol. The van der Waals surface area contributed by atoms with E-state index in [0.717, 1.165) is 36.3 Å². The lowest BCUT2D eigenvalue weighted by Gasteiger charge is -2.31. The van der Waals surface area contributed by atoms with Crippen LogP contribution in [0.1, 0.15) is 46.1 Å². The number of aromatic nitrogens is 2. The Balaban J connectivity index is 1.81. The van der Waals surface area contributed by atoms with Crippen LogP contribution in [0.3, 0.4) is 0 Å². The van der Waals surface area contributed by atoms with Crippen molar-refractivity contribution in [2.45, 2.75) is 46.0 Å². The summed E-state index contributed by atoms with van der Waals surface area (Å²) in [6, 6.07) is 10.5. The third kappa shape index (κ3) is 3.86. The van der Waals surface area contributed by atoms with Crippen molar-refractivity contribution >= 4 is 17.3 Å². The topological polar surface area (TPSA) is 41.0 Å². The van der Waals surface area contributed by atoms with Gasteiger partial charge in [-0.15, -0.1) is 0 Å². The maximum absolute atomic E-state index is 4.48. The van der Waals surface area contributed by atoms with Gasteiger partial charge in [0.05, 0.1) is 0 Å². The number of rotatable bonds is 3. The molecule has 1 aromatic carbocycles. The molecule has 1 saturated heterocycles. The molecular weight excluding hydrogens is 296 g/mol. The predicted molar refractivity (Wildman–Crippen MR) is 101 cm³/mol. The standard InChI is InChI=1S/C20H28N4/c1-15-9-11-24(12-10-15)19-13-18(21-14-22-19)23-17-8-6-5-7-16(17)20(2,3)4/h5-8,13-15H,9-12H2,1-4H3,(H,21,22,23). The molecule has 24 heavy (non-hydrogen) atoms. The Morgan fingerprint density at radius 2 is 1.79 bits per heavy atom. The fourth-order valence-corrected chi connectivity index (χ4v) is 3.21. The van der Waals surface area contributed by atoms with Crippen molar-refractivity contribution in [1.29, 1.82) is 0 Å². The zero-order chi connectivity index (χ0) is 17.2. The lowest BCUT2D eigenvalue weighted by molar-refractivity contribution is 0.436. The van der Waals surface area contributed by atoms with Gasteiger partial charge in [-0.3, -0.25) is 0 Å². The van der Waals surface area contributed by atoms with Crippen molar-refractivity contribution < 1.29 is 0 Å². The van der Waals surface area contributed by atoms with Crippen LogP contribution in [0, 0.1) is 5.92 Å². The summed E-state index contributed by atoms with van der Waals surface area (Å²) in [4.78, 5) is 11.3. The smallest absolute Gasteiger partial charge is 0.135 e. The van der Waals surface area contributed by atoms with Crippen molar-refractivity contribution in [3.8, 4) is 0 Å². The van der Waals surface area contributed by atoms with Crippen LogP contribution in [0.4, 0.5) is 17.3 Å². The predicted octanol–water partition coefficient (Wildman–Crippen LogP) is 4.75. The molecule has 1 aliphatic heterocycles. The van der Waals surface area contributed by atoms with Gasteiger partial charge < -0.3 is 10.2 Å². The van der Waals surface area contributed by atoms with Gasteiger partial charge in [0.25, 0.3) is 0 Å². The summed E-state index contributed by atoms with van der Waals surface area (Å²) in [5.74, 6) is 2.70. The summed E-state index contributed by atoms with van der Waals surface area (Å²) in [5.41, 5.74) is 2.49. The molecule has 128 valence electrons.